The number of fused-ring (bicyclic) bond motifs is 1. The molecule has 2 aromatic rings. The Bertz CT molecular complexity index is 848. The summed E-state index contributed by atoms with van der Waals surface area (Å²) in [5.74, 6) is -2.27. The fourth-order valence-corrected chi connectivity index (χ4v) is 4.81. The number of hydrogen-bond donors (Lipinski definition) is 0. The lowest BCUT2D eigenvalue weighted by Gasteiger charge is -2.27. The number of aromatic nitrogens is 1. The van der Waals surface area contributed by atoms with Crippen LogP contribution >= 0.6 is 11.6 Å². The average Bonchev–Trinajstić information content (AvgIpc) is 3.30. The Morgan fingerprint density at radius 2 is 2.04 bits per heavy atom. The maximum atomic E-state index is 13.3. The molecule has 1 aromatic carbocycles. The van der Waals surface area contributed by atoms with Gasteiger partial charge in [0.15, 0.2) is 5.78 Å². The first-order chi connectivity index (χ1) is 13.4. The van der Waals surface area contributed by atoms with Crippen molar-refractivity contribution in [2.24, 2.45) is 5.92 Å². The van der Waals surface area contributed by atoms with E-state index < -0.39 is 5.92 Å². The van der Waals surface area contributed by atoms with Crippen molar-refractivity contribution in [1.82, 2.24) is 4.57 Å². The van der Waals surface area contributed by atoms with Gasteiger partial charge in [0.05, 0.1) is 16.6 Å². The molecule has 1 aliphatic carbocycles. The third-order valence-electron chi connectivity index (χ3n) is 6.20. The van der Waals surface area contributed by atoms with Crippen LogP contribution in [0.2, 0.25) is 5.02 Å². The minimum absolute atomic E-state index is 0.0431. The van der Waals surface area contributed by atoms with Crippen LogP contribution in [-0.4, -0.2) is 29.0 Å². The Labute approximate surface area is 169 Å². The lowest BCUT2D eigenvalue weighted by molar-refractivity contribution is -0.0464. The highest BCUT2D eigenvalue weighted by molar-refractivity contribution is 6.37. The Morgan fingerprint density at radius 1 is 1.25 bits per heavy atom. The second-order valence-corrected chi connectivity index (χ2v) is 8.63. The van der Waals surface area contributed by atoms with E-state index in [2.05, 4.69) is 4.57 Å². The van der Waals surface area contributed by atoms with Gasteiger partial charge in [-0.15, -0.1) is 0 Å². The molecule has 0 amide bonds. The highest BCUT2D eigenvalue weighted by atomic mass is 35.5. The monoisotopic (exact) mass is 409 g/mol. The van der Waals surface area contributed by atoms with Crippen LogP contribution in [0, 0.1) is 5.92 Å². The third-order valence-corrected chi connectivity index (χ3v) is 6.51. The Balaban J connectivity index is 1.50. The molecule has 0 spiro atoms. The number of Topliss-reactive ketones (excluding diaryl/α,β-unsaturated/α-hetero) is 1. The summed E-state index contributed by atoms with van der Waals surface area (Å²) in [6.07, 6.45) is 6.09. The Morgan fingerprint density at radius 3 is 2.75 bits per heavy atom. The first-order valence-corrected chi connectivity index (χ1v) is 10.6. The topological polar surface area (TPSA) is 31.2 Å². The molecule has 1 atom stereocenters. The van der Waals surface area contributed by atoms with E-state index in [1.165, 1.54) is 0 Å². The van der Waals surface area contributed by atoms with Gasteiger partial charge in [-0.2, -0.15) is 0 Å². The number of hydrogen-bond acceptors (Lipinski definition) is 2. The van der Waals surface area contributed by atoms with Crippen LogP contribution < -0.4 is 0 Å². The zero-order chi connectivity index (χ0) is 19.7. The van der Waals surface area contributed by atoms with Gasteiger partial charge in [0.25, 0.3) is 0 Å². The van der Waals surface area contributed by atoms with E-state index in [0.717, 1.165) is 30.4 Å². The number of rotatable bonds is 6. The van der Waals surface area contributed by atoms with Crippen LogP contribution in [0.1, 0.15) is 61.7 Å². The van der Waals surface area contributed by atoms with E-state index >= 15 is 0 Å². The Kier molecular flexibility index (Phi) is 5.75. The summed E-state index contributed by atoms with van der Waals surface area (Å²) in [5.41, 5.74) is 1.59. The molecule has 152 valence electrons. The molecule has 1 saturated heterocycles. The van der Waals surface area contributed by atoms with E-state index in [1.807, 2.05) is 18.3 Å². The predicted molar refractivity (Wildman–Crippen MR) is 106 cm³/mol. The molecule has 1 saturated carbocycles. The normalized spacial score (nSPS) is 22.8. The Hall–Kier alpha value is -1.46. The van der Waals surface area contributed by atoms with Crippen LogP contribution in [0.4, 0.5) is 8.78 Å². The largest absolute Gasteiger partial charge is 0.376 e. The maximum Gasteiger partial charge on any atom is 0.248 e. The fraction of sp³-hybridized carbons (Fsp3) is 0.591. The van der Waals surface area contributed by atoms with Gasteiger partial charge >= 0.3 is 0 Å². The van der Waals surface area contributed by atoms with E-state index in [-0.39, 0.29) is 30.6 Å². The minimum atomic E-state index is -2.52. The summed E-state index contributed by atoms with van der Waals surface area (Å²) in [7, 11) is 0. The second-order valence-electron chi connectivity index (χ2n) is 8.23. The van der Waals surface area contributed by atoms with E-state index in [1.54, 1.807) is 6.07 Å². The van der Waals surface area contributed by atoms with E-state index in [0.29, 0.717) is 42.8 Å². The number of carbonyl (C=O) groups excluding carboxylic acids is 1. The van der Waals surface area contributed by atoms with Gasteiger partial charge < -0.3 is 9.30 Å². The molecule has 0 bridgehead atoms. The van der Waals surface area contributed by atoms with Crippen LogP contribution in [-0.2, 0) is 11.3 Å². The van der Waals surface area contributed by atoms with Crippen molar-refractivity contribution >= 4 is 28.3 Å². The van der Waals surface area contributed by atoms with Gasteiger partial charge in [0, 0.05) is 49.6 Å². The molecule has 1 unspecified atom stereocenters. The van der Waals surface area contributed by atoms with Crippen LogP contribution in [0.3, 0.4) is 0 Å². The summed E-state index contributed by atoms with van der Waals surface area (Å²) in [6.45, 7) is 1.50. The molecule has 6 heteroatoms. The molecule has 2 aliphatic rings. The molecule has 28 heavy (non-hydrogen) atoms. The average molecular weight is 410 g/mol. The molecule has 2 heterocycles. The number of carbonyl (C=O) groups is 1. The standard InChI is InChI=1S/C22H26ClF2NO2/c23-18-4-1-5-19-21(18)17(14-26(19)13-16-3-2-12-28-16)20(27)7-6-15-8-10-22(24,25)11-9-15/h1,4-5,14-16H,2-3,6-13H2. The summed E-state index contributed by atoms with van der Waals surface area (Å²) in [6, 6.07) is 5.68. The number of halogens is 3. The van der Waals surface area contributed by atoms with Crippen molar-refractivity contribution in [3.8, 4) is 0 Å². The van der Waals surface area contributed by atoms with Crippen molar-refractivity contribution in [2.45, 2.75) is 69.9 Å². The van der Waals surface area contributed by atoms with Crippen molar-refractivity contribution in [2.75, 3.05) is 6.61 Å². The van der Waals surface area contributed by atoms with Crippen LogP contribution in [0.15, 0.2) is 24.4 Å². The first kappa shape index (κ1) is 19.8. The third kappa shape index (κ3) is 4.25. The highest BCUT2D eigenvalue weighted by Crippen LogP contribution is 2.38. The molecular weight excluding hydrogens is 384 g/mol. The SMILES string of the molecule is O=C(CCC1CCC(F)(F)CC1)c1cn(CC2CCCO2)c2cccc(Cl)c12. The highest BCUT2D eigenvalue weighted by Gasteiger charge is 2.35. The molecule has 0 radical (unpaired) electrons. The zero-order valence-corrected chi connectivity index (χ0v) is 16.7. The number of benzene rings is 1. The van der Waals surface area contributed by atoms with E-state index in [4.69, 9.17) is 16.3 Å². The number of ether oxygens (including phenoxy) is 1. The van der Waals surface area contributed by atoms with Gasteiger partial charge in [-0.05, 0) is 50.2 Å². The van der Waals surface area contributed by atoms with Crippen molar-refractivity contribution in [3.63, 3.8) is 0 Å². The van der Waals surface area contributed by atoms with Gasteiger partial charge in [0.2, 0.25) is 5.92 Å². The van der Waals surface area contributed by atoms with Gasteiger partial charge in [-0.25, -0.2) is 8.78 Å². The number of alkyl halides is 2. The second kappa shape index (κ2) is 8.11. The predicted octanol–water partition coefficient (Wildman–Crippen LogP) is 6.26. The molecule has 2 fully saturated rings. The van der Waals surface area contributed by atoms with Crippen molar-refractivity contribution in [1.29, 1.82) is 0 Å². The van der Waals surface area contributed by atoms with Crippen LogP contribution in [0.25, 0.3) is 10.9 Å². The lowest BCUT2D eigenvalue weighted by Crippen LogP contribution is -2.24. The van der Waals surface area contributed by atoms with Crippen LogP contribution in [0.5, 0.6) is 0 Å². The lowest BCUT2D eigenvalue weighted by atomic mass is 9.83. The molecule has 0 N–H and O–H groups in total. The molecule has 1 aromatic heterocycles. The van der Waals surface area contributed by atoms with Gasteiger partial charge in [-0.3, -0.25) is 4.79 Å². The summed E-state index contributed by atoms with van der Waals surface area (Å²) in [5, 5.41) is 1.37. The zero-order valence-electron chi connectivity index (χ0n) is 15.9. The van der Waals surface area contributed by atoms with Crippen molar-refractivity contribution in [3.05, 3.63) is 35.0 Å². The first-order valence-electron chi connectivity index (χ1n) is 10.2. The van der Waals surface area contributed by atoms with E-state index in [9.17, 15) is 13.6 Å². The molecule has 4 rings (SSSR count). The summed E-state index contributed by atoms with van der Waals surface area (Å²) < 4.78 is 34.5. The fourth-order valence-electron chi connectivity index (χ4n) is 4.54. The molecular formula is C22H26ClF2NO2. The van der Waals surface area contributed by atoms with Crippen molar-refractivity contribution < 1.29 is 18.3 Å². The summed E-state index contributed by atoms with van der Waals surface area (Å²) in [4.78, 5) is 13.0. The smallest absolute Gasteiger partial charge is 0.248 e. The minimum Gasteiger partial charge on any atom is -0.376 e. The quantitative estimate of drug-likeness (QED) is 0.527. The maximum absolute atomic E-state index is 13.3. The van der Waals surface area contributed by atoms with Gasteiger partial charge in [-0.1, -0.05) is 17.7 Å². The number of ketones is 1. The summed E-state index contributed by atoms with van der Waals surface area (Å²) >= 11 is 6.44. The molecule has 3 nitrogen and oxygen atoms in total. The molecule has 1 aliphatic heterocycles. The van der Waals surface area contributed by atoms with Gasteiger partial charge in [0.1, 0.15) is 0 Å². The number of nitrogens with zero attached hydrogens (tertiary/aromatic N) is 1.